The van der Waals surface area contributed by atoms with Crippen LogP contribution >= 0.6 is 0 Å². The summed E-state index contributed by atoms with van der Waals surface area (Å²) in [4.78, 5) is 2.14. The van der Waals surface area contributed by atoms with Crippen LogP contribution in [0.5, 0.6) is 0 Å². The number of nitrogens with two attached hydrogens (primary N) is 1. The standard InChI is InChI=1S/C13H21N3O3S/c1-13(17)6-3-7-16(9-13)12-5-4-10(8-11(12)14)20(18,19)15-2/h4-5,8,15,17H,3,6-7,9,14H2,1-2H3. The predicted octanol–water partition coefficient (Wildman–Crippen LogP) is 0.528. The summed E-state index contributed by atoms with van der Waals surface area (Å²) in [5.74, 6) is 0. The normalized spacial score (nSPS) is 23.9. The van der Waals surface area contributed by atoms with Gasteiger partial charge in [0.2, 0.25) is 10.0 Å². The Balaban J connectivity index is 2.31. The van der Waals surface area contributed by atoms with E-state index < -0.39 is 15.6 Å². The fourth-order valence-electron chi connectivity index (χ4n) is 2.53. The van der Waals surface area contributed by atoms with Crippen molar-refractivity contribution in [3.8, 4) is 0 Å². The van der Waals surface area contributed by atoms with Gasteiger partial charge in [-0.2, -0.15) is 0 Å². The number of β-amino-alcohol motifs (C(OH)–C–C–N with tert-alkyl or cyclic N) is 1. The topological polar surface area (TPSA) is 95.7 Å². The average molecular weight is 299 g/mol. The van der Waals surface area contributed by atoms with Gasteiger partial charge in [0.1, 0.15) is 0 Å². The Bertz CT molecular complexity index is 599. The van der Waals surface area contributed by atoms with Gasteiger partial charge in [0.25, 0.3) is 0 Å². The van der Waals surface area contributed by atoms with Crippen molar-refractivity contribution in [1.29, 1.82) is 0 Å². The van der Waals surface area contributed by atoms with Crippen LogP contribution in [0, 0.1) is 0 Å². The number of benzene rings is 1. The second-order valence-electron chi connectivity index (χ2n) is 5.45. The molecule has 0 aromatic heterocycles. The first-order chi connectivity index (χ1) is 9.25. The minimum absolute atomic E-state index is 0.144. The number of aliphatic hydroxyl groups is 1. The Morgan fingerprint density at radius 1 is 1.45 bits per heavy atom. The SMILES string of the molecule is CNS(=O)(=O)c1ccc(N2CCCC(C)(O)C2)c(N)c1. The molecule has 1 aromatic carbocycles. The van der Waals surface area contributed by atoms with Gasteiger partial charge in [-0.3, -0.25) is 0 Å². The van der Waals surface area contributed by atoms with Gasteiger partial charge in [-0.15, -0.1) is 0 Å². The highest BCUT2D eigenvalue weighted by Crippen LogP contribution is 2.31. The Morgan fingerprint density at radius 3 is 2.70 bits per heavy atom. The van der Waals surface area contributed by atoms with Crippen LogP contribution in [0.4, 0.5) is 11.4 Å². The molecule has 4 N–H and O–H groups in total. The van der Waals surface area contributed by atoms with Crippen LogP contribution in [-0.2, 0) is 10.0 Å². The molecule has 1 aliphatic heterocycles. The Kier molecular flexibility index (Phi) is 3.95. The van der Waals surface area contributed by atoms with E-state index in [1.165, 1.54) is 19.2 Å². The first-order valence-electron chi connectivity index (χ1n) is 6.56. The number of sulfonamides is 1. The molecule has 7 heteroatoms. The van der Waals surface area contributed by atoms with Crippen LogP contribution in [0.3, 0.4) is 0 Å². The monoisotopic (exact) mass is 299 g/mol. The third-order valence-electron chi connectivity index (χ3n) is 3.59. The van der Waals surface area contributed by atoms with Gasteiger partial charge in [-0.1, -0.05) is 0 Å². The van der Waals surface area contributed by atoms with E-state index in [2.05, 4.69) is 4.72 Å². The fraction of sp³-hybridized carbons (Fsp3) is 0.538. The minimum atomic E-state index is -3.49. The highest BCUT2D eigenvalue weighted by Gasteiger charge is 2.29. The third kappa shape index (κ3) is 3.05. The molecule has 1 aromatic rings. The Hall–Kier alpha value is -1.31. The van der Waals surface area contributed by atoms with E-state index in [0.717, 1.165) is 25.1 Å². The highest BCUT2D eigenvalue weighted by atomic mass is 32.2. The summed E-state index contributed by atoms with van der Waals surface area (Å²) in [6.07, 6.45) is 1.64. The Labute approximate surface area is 119 Å². The molecule has 0 amide bonds. The number of nitrogen functional groups attached to an aromatic ring is 1. The number of rotatable bonds is 3. The summed E-state index contributed by atoms with van der Waals surface area (Å²) in [5, 5.41) is 10.1. The van der Waals surface area contributed by atoms with Crippen LogP contribution < -0.4 is 15.4 Å². The molecule has 0 saturated carbocycles. The number of hydrogen-bond acceptors (Lipinski definition) is 5. The van der Waals surface area contributed by atoms with E-state index >= 15 is 0 Å². The average Bonchev–Trinajstić information content (AvgIpc) is 2.37. The molecule has 1 unspecified atom stereocenters. The minimum Gasteiger partial charge on any atom is -0.397 e. The molecule has 1 aliphatic rings. The summed E-state index contributed by atoms with van der Waals surface area (Å²) >= 11 is 0. The molecule has 0 aliphatic carbocycles. The summed E-state index contributed by atoms with van der Waals surface area (Å²) in [5.41, 5.74) is 6.41. The van der Waals surface area contributed by atoms with Crippen molar-refractivity contribution in [2.24, 2.45) is 0 Å². The zero-order valence-electron chi connectivity index (χ0n) is 11.8. The molecular formula is C13H21N3O3S. The quantitative estimate of drug-likeness (QED) is 0.708. The number of piperidine rings is 1. The van der Waals surface area contributed by atoms with Gasteiger partial charge in [0, 0.05) is 13.1 Å². The Morgan fingerprint density at radius 2 is 2.15 bits per heavy atom. The van der Waals surface area contributed by atoms with Crippen LogP contribution in [0.15, 0.2) is 23.1 Å². The van der Waals surface area contributed by atoms with Crippen LogP contribution in [0.2, 0.25) is 0 Å². The third-order valence-corrected chi connectivity index (χ3v) is 5.01. The van der Waals surface area contributed by atoms with Gasteiger partial charge in [0.05, 0.1) is 21.9 Å². The zero-order chi connectivity index (χ0) is 15.0. The molecule has 20 heavy (non-hydrogen) atoms. The molecule has 0 spiro atoms. The van der Waals surface area contributed by atoms with Crippen molar-refractivity contribution < 1.29 is 13.5 Å². The number of nitrogens with zero attached hydrogens (tertiary/aromatic N) is 1. The maximum Gasteiger partial charge on any atom is 0.240 e. The van der Waals surface area contributed by atoms with E-state index in [1.807, 2.05) is 4.90 Å². The highest BCUT2D eigenvalue weighted by molar-refractivity contribution is 7.89. The maximum atomic E-state index is 11.7. The molecular weight excluding hydrogens is 278 g/mol. The van der Waals surface area contributed by atoms with Crippen molar-refractivity contribution in [1.82, 2.24) is 4.72 Å². The second-order valence-corrected chi connectivity index (χ2v) is 7.34. The predicted molar refractivity (Wildman–Crippen MR) is 79.2 cm³/mol. The van der Waals surface area contributed by atoms with Crippen LogP contribution in [0.1, 0.15) is 19.8 Å². The van der Waals surface area contributed by atoms with Gasteiger partial charge >= 0.3 is 0 Å². The molecule has 1 atom stereocenters. The second kappa shape index (κ2) is 5.23. The van der Waals surface area contributed by atoms with E-state index in [4.69, 9.17) is 5.73 Å². The van der Waals surface area contributed by atoms with E-state index in [9.17, 15) is 13.5 Å². The van der Waals surface area contributed by atoms with Crippen LogP contribution in [0.25, 0.3) is 0 Å². The smallest absolute Gasteiger partial charge is 0.240 e. The summed E-state index contributed by atoms with van der Waals surface area (Å²) in [6, 6.07) is 4.67. The van der Waals surface area contributed by atoms with E-state index in [-0.39, 0.29) is 4.90 Å². The van der Waals surface area contributed by atoms with Gasteiger partial charge in [0.15, 0.2) is 0 Å². The first kappa shape index (κ1) is 15.1. The van der Waals surface area contributed by atoms with Crippen molar-refractivity contribution in [3.05, 3.63) is 18.2 Å². The fourth-order valence-corrected chi connectivity index (χ4v) is 3.30. The number of hydrogen-bond donors (Lipinski definition) is 3. The molecule has 2 rings (SSSR count). The lowest BCUT2D eigenvalue weighted by Crippen LogP contribution is -2.46. The zero-order valence-corrected chi connectivity index (χ0v) is 12.6. The molecule has 112 valence electrons. The lowest BCUT2D eigenvalue weighted by atomic mass is 9.94. The van der Waals surface area contributed by atoms with Crippen LogP contribution in [-0.4, -0.2) is 39.3 Å². The summed E-state index contributed by atoms with van der Waals surface area (Å²) in [6.45, 7) is 3.10. The molecule has 1 heterocycles. The van der Waals surface area contributed by atoms with Crippen molar-refractivity contribution in [3.63, 3.8) is 0 Å². The lowest BCUT2D eigenvalue weighted by molar-refractivity contribution is 0.0450. The van der Waals surface area contributed by atoms with Gasteiger partial charge < -0.3 is 15.7 Å². The summed E-state index contributed by atoms with van der Waals surface area (Å²) in [7, 11) is -2.13. The molecule has 1 fully saturated rings. The summed E-state index contributed by atoms with van der Waals surface area (Å²) < 4.78 is 25.7. The largest absolute Gasteiger partial charge is 0.397 e. The molecule has 1 saturated heterocycles. The van der Waals surface area contributed by atoms with Crippen molar-refractivity contribution in [2.45, 2.75) is 30.3 Å². The van der Waals surface area contributed by atoms with E-state index in [0.29, 0.717) is 12.2 Å². The number of anilines is 2. The van der Waals surface area contributed by atoms with E-state index in [1.54, 1.807) is 13.0 Å². The molecule has 6 nitrogen and oxygen atoms in total. The maximum absolute atomic E-state index is 11.7. The molecule has 0 radical (unpaired) electrons. The van der Waals surface area contributed by atoms with Crippen molar-refractivity contribution in [2.75, 3.05) is 30.8 Å². The molecule has 0 bridgehead atoms. The van der Waals surface area contributed by atoms with Gasteiger partial charge in [-0.25, -0.2) is 13.1 Å². The lowest BCUT2D eigenvalue weighted by Gasteiger charge is -2.38. The first-order valence-corrected chi connectivity index (χ1v) is 8.04. The van der Waals surface area contributed by atoms with Crippen molar-refractivity contribution >= 4 is 21.4 Å². The number of nitrogens with one attached hydrogen (secondary N) is 1. The van der Waals surface area contributed by atoms with Gasteiger partial charge in [-0.05, 0) is 45.0 Å².